The van der Waals surface area contributed by atoms with E-state index in [1.807, 2.05) is 66.9 Å². The van der Waals surface area contributed by atoms with Crippen LogP contribution in [0.2, 0.25) is 0 Å². The number of ether oxygens (including phenoxy) is 2. The second-order valence-corrected chi connectivity index (χ2v) is 10.3. The number of amides is 1. The van der Waals surface area contributed by atoms with Crippen molar-refractivity contribution in [2.75, 3.05) is 20.1 Å². The highest BCUT2D eigenvalue weighted by atomic mass is 16.7. The largest absolute Gasteiger partial charge is 0.392 e. The fraction of sp³-hybridized carbons (Fsp3) is 0.303. The van der Waals surface area contributed by atoms with Gasteiger partial charge in [0.15, 0.2) is 6.29 Å². The van der Waals surface area contributed by atoms with Crippen LogP contribution in [0.3, 0.4) is 0 Å². The molecule has 8 nitrogen and oxygen atoms in total. The summed E-state index contributed by atoms with van der Waals surface area (Å²) in [5, 5.41) is 12.4. The lowest BCUT2D eigenvalue weighted by Gasteiger charge is -2.38. The van der Waals surface area contributed by atoms with Gasteiger partial charge >= 0.3 is 0 Å². The minimum absolute atomic E-state index is 0.0102. The third kappa shape index (κ3) is 8.05. The van der Waals surface area contributed by atoms with Gasteiger partial charge in [0.2, 0.25) is 0 Å². The molecule has 0 saturated carbocycles. The zero-order valence-corrected chi connectivity index (χ0v) is 23.2. The number of hydrogen-bond donors (Lipinski definition) is 2. The Kier molecular flexibility index (Phi) is 9.82. The molecule has 0 bridgehead atoms. The van der Waals surface area contributed by atoms with Crippen molar-refractivity contribution < 1.29 is 19.4 Å². The first-order valence-corrected chi connectivity index (χ1v) is 13.9. The monoisotopic (exact) mass is 552 g/mol. The predicted molar refractivity (Wildman–Crippen MR) is 156 cm³/mol. The summed E-state index contributed by atoms with van der Waals surface area (Å²) in [6.07, 6.45) is 5.91. The number of aliphatic hydroxyl groups is 1. The zero-order valence-electron chi connectivity index (χ0n) is 23.2. The van der Waals surface area contributed by atoms with E-state index in [-0.39, 0.29) is 24.7 Å². The molecule has 4 aromatic rings. The fourth-order valence-corrected chi connectivity index (χ4v) is 4.90. The molecule has 212 valence electrons. The maximum Gasteiger partial charge on any atom is 0.253 e. The molecular weight excluding hydrogens is 516 g/mol. The summed E-state index contributed by atoms with van der Waals surface area (Å²) in [6.45, 7) is 2.05. The summed E-state index contributed by atoms with van der Waals surface area (Å²) in [6, 6.07) is 25.4. The number of nitrogens with zero attached hydrogens (tertiary/aromatic N) is 3. The Balaban J connectivity index is 1.24. The Morgan fingerprint density at radius 3 is 2.44 bits per heavy atom. The summed E-state index contributed by atoms with van der Waals surface area (Å²) < 4.78 is 13.0. The Morgan fingerprint density at radius 1 is 0.951 bits per heavy atom. The molecule has 2 aromatic carbocycles. The summed E-state index contributed by atoms with van der Waals surface area (Å²) in [5.74, 6) is -0.161. The van der Waals surface area contributed by atoms with E-state index in [0.717, 1.165) is 53.9 Å². The highest BCUT2D eigenvalue weighted by Gasteiger charge is 2.32. The molecule has 0 aliphatic carbocycles. The summed E-state index contributed by atoms with van der Waals surface area (Å²) in [7, 11) is 2.11. The Hall–Kier alpha value is -3.95. The van der Waals surface area contributed by atoms with Gasteiger partial charge in [0, 0.05) is 62.3 Å². The molecule has 0 radical (unpaired) electrons. The third-order valence-electron chi connectivity index (χ3n) is 7.23. The minimum Gasteiger partial charge on any atom is -0.392 e. The highest BCUT2D eigenvalue weighted by Crippen LogP contribution is 2.38. The van der Waals surface area contributed by atoms with Crippen molar-refractivity contribution in [3.63, 3.8) is 0 Å². The van der Waals surface area contributed by atoms with E-state index in [4.69, 9.17) is 9.47 Å². The van der Waals surface area contributed by atoms with E-state index in [2.05, 4.69) is 33.3 Å². The van der Waals surface area contributed by atoms with Crippen LogP contribution >= 0.6 is 0 Å². The summed E-state index contributed by atoms with van der Waals surface area (Å²) in [5.41, 5.74) is 5.43. The number of pyridine rings is 2. The van der Waals surface area contributed by atoms with Gasteiger partial charge in [0.1, 0.15) is 0 Å². The Morgan fingerprint density at radius 2 is 1.73 bits per heavy atom. The standard InChI is InChI=1S/C33H36N4O4/c1-37(18-15-29-6-2-3-17-35-29)22-30-19-31(26-11-9-25(23-38)10-12-26)41-33(40-30)27-13-7-24(8-14-27)20-36-32(39)28-5-4-16-34-21-28/h2-14,16-17,21,30-31,33,38H,15,18-20,22-23H2,1H3,(H,36,39). The van der Waals surface area contributed by atoms with Crippen molar-refractivity contribution in [2.45, 2.75) is 44.5 Å². The normalized spacial score (nSPS) is 18.8. The lowest BCUT2D eigenvalue weighted by molar-refractivity contribution is -0.252. The molecule has 2 N–H and O–H groups in total. The second kappa shape index (κ2) is 14.1. The third-order valence-corrected chi connectivity index (χ3v) is 7.23. The van der Waals surface area contributed by atoms with Crippen LogP contribution in [-0.2, 0) is 29.0 Å². The van der Waals surface area contributed by atoms with Gasteiger partial charge in [-0.05, 0) is 48.0 Å². The highest BCUT2D eigenvalue weighted by molar-refractivity contribution is 5.93. The van der Waals surface area contributed by atoms with Gasteiger partial charge in [0.25, 0.3) is 5.91 Å². The second-order valence-electron chi connectivity index (χ2n) is 10.3. The molecule has 3 unspecified atom stereocenters. The molecule has 3 heterocycles. The number of nitrogens with one attached hydrogen (secondary N) is 1. The Labute approximate surface area is 241 Å². The van der Waals surface area contributed by atoms with Gasteiger partial charge in [-0.25, -0.2) is 0 Å². The van der Waals surface area contributed by atoms with Crippen LogP contribution in [0.15, 0.2) is 97.5 Å². The lowest BCUT2D eigenvalue weighted by atomic mass is 9.99. The number of carbonyl (C=O) groups excluding carboxylic acids is 1. The summed E-state index contributed by atoms with van der Waals surface area (Å²) in [4.78, 5) is 23.1. The quantitative estimate of drug-likeness (QED) is 0.280. The number of likely N-dealkylation sites (N-methyl/N-ethyl adjacent to an activating group) is 1. The van der Waals surface area contributed by atoms with Crippen LogP contribution < -0.4 is 5.32 Å². The number of aliphatic hydroxyl groups excluding tert-OH is 1. The van der Waals surface area contributed by atoms with Crippen molar-refractivity contribution in [3.8, 4) is 0 Å². The average Bonchev–Trinajstić information content (AvgIpc) is 3.03. The molecule has 1 aliphatic heterocycles. The van der Waals surface area contributed by atoms with Gasteiger partial charge in [-0.15, -0.1) is 0 Å². The van der Waals surface area contributed by atoms with Crippen LogP contribution in [0.4, 0.5) is 0 Å². The maximum atomic E-state index is 12.4. The molecule has 3 atom stereocenters. The average molecular weight is 553 g/mol. The number of rotatable bonds is 11. The fourth-order valence-electron chi connectivity index (χ4n) is 4.90. The SMILES string of the molecule is CN(CCc1ccccn1)CC1CC(c2ccc(CO)cc2)OC(c2ccc(CNC(=O)c3cccnc3)cc2)O1. The number of hydrogen-bond acceptors (Lipinski definition) is 7. The van der Waals surface area contributed by atoms with E-state index in [1.165, 1.54) is 0 Å². The molecule has 0 spiro atoms. The van der Waals surface area contributed by atoms with Crippen molar-refractivity contribution >= 4 is 5.91 Å². The van der Waals surface area contributed by atoms with Crippen LogP contribution in [0.5, 0.6) is 0 Å². The molecule has 1 aliphatic rings. The van der Waals surface area contributed by atoms with Crippen LogP contribution in [0, 0.1) is 0 Å². The van der Waals surface area contributed by atoms with Crippen LogP contribution in [0.1, 0.15) is 57.1 Å². The molecule has 1 saturated heterocycles. The summed E-state index contributed by atoms with van der Waals surface area (Å²) >= 11 is 0. The first kappa shape index (κ1) is 28.6. The van der Waals surface area contributed by atoms with Gasteiger partial charge in [-0.2, -0.15) is 0 Å². The smallest absolute Gasteiger partial charge is 0.253 e. The molecule has 41 heavy (non-hydrogen) atoms. The molecule has 5 rings (SSSR count). The lowest BCUT2D eigenvalue weighted by Crippen LogP contribution is -2.38. The van der Waals surface area contributed by atoms with E-state index < -0.39 is 6.29 Å². The van der Waals surface area contributed by atoms with Crippen LogP contribution in [-0.4, -0.2) is 52.1 Å². The molecular formula is C33H36N4O4. The molecule has 1 amide bonds. The predicted octanol–water partition coefficient (Wildman–Crippen LogP) is 4.62. The first-order valence-electron chi connectivity index (χ1n) is 13.9. The molecule has 2 aromatic heterocycles. The van der Waals surface area contributed by atoms with Gasteiger partial charge in [0.05, 0.1) is 24.4 Å². The van der Waals surface area contributed by atoms with E-state index in [9.17, 15) is 9.90 Å². The zero-order chi connectivity index (χ0) is 28.4. The van der Waals surface area contributed by atoms with Crippen molar-refractivity contribution in [2.24, 2.45) is 0 Å². The van der Waals surface area contributed by atoms with Gasteiger partial charge in [-0.3, -0.25) is 14.8 Å². The number of aromatic nitrogens is 2. The van der Waals surface area contributed by atoms with E-state index in [1.54, 1.807) is 24.5 Å². The van der Waals surface area contributed by atoms with E-state index in [0.29, 0.717) is 12.1 Å². The number of benzene rings is 2. The molecule has 8 heteroatoms. The Bertz CT molecular complexity index is 1370. The topological polar surface area (TPSA) is 96.8 Å². The van der Waals surface area contributed by atoms with E-state index >= 15 is 0 Å². The minimum atomic E-state index is -0.528. The van der Waals surface area contributed by atoms with Crippen LogP contribution in [0.25, 0.3) is 0 Å². The van der Waals surface area contributed by atoms with Gasteiger partial charge in [-0.1, -0.05) is 54.6 Å². The number of carbonyl (C=O) groups is 1. The van der Waals surface area contributed by atoms with Crippen molar-refractivity contribution in [3.05, 3.63) is 131 Å². The maximum absolute atomic E-state index is 12.4. The van der Waals surface area contributed by atoms with Crippen molar-refractivity contribution in [1.29, 1.82) is 0 Å². The molecule has 1 fully saturated rings. The van der Waals surface area contributed by atoms with Gasteiger partial charge < -0.3 is 24.8 Å². The van der Waals surface area contributed by atoms with Crippen molar-refractivity contribution in [1.82, 2.24) is 20.2 Å². The first-order chi connectivity index (χ1) is 20.1.